The van der Waals surface area contributed by atoms with Crippen LogP contribution in [0.25, 0.3) is 0 Å². The molecular formula is C11H20N2O2S. The van der Waals surface area contributed by atoms with E-state index in [1.807, 2.05) is 18.7 Å². The average molecular weight is 244 g/mol. The number of hydrogen-bond acceptors (Lipinski definition) is 4. The predicted molar refractivity (Wildman–Crippen MR) is 65.4 cm³/mol. The van der Waals surface area contributed by atoms with Crippen molar-refractivity contribution in [1.29, 1.82) is 0 Å². The average Bonchev–Trinajstić information content (AvgIpc) is 2.93. The van der Waals surface area contributed by atoms with Gasteiger partial charge in [-0.2, -0.15) is 11.8 Å². The van der Waals surface area contributed by atoms with Gasteiger partial charge in [-0.1, -0.05) is 0 Å². The van der Waals surface area contributed by atoms with E-state index in [-0.39, 0.29) is 5.91 Å². The molecule has 1 saturated carbocycles. The quantitative estimate of drug-likeness (QED) is 0.685. The lowest BCUT2D eigenvalue weighted by Gasteiger charge is -2.30. The summed E-state index contributed by atoms with van der Waals surface area (Å²) in [6, 6.07) is 0.509. The maximum absolute atomic E-state index is 11.5. The molecule has 16 heavy (non-hydrogen) atoms. The molecule has 92 valence electrons. The number of ether oxygens (including phenoxy) is 1. The van der Waals surface area contributed by atoms with Crippen LogP contribution in [-0.4, -0.2) is 41.7 Å². The SMILES string of the molecule is CC(CCSC1COC1)(NC1CC1)C(N)=O. The Morgan fingerprint density at radius 1 is 1.56 bits per heavy atom. The molecule has 0 spiro atoms. The Morgan fingerprint density at radius 2 is 2.25 bits per heavy atom. The summed E-state index contributed by atoms with van der Waals surface area (Å²) in [5.41, 5.74) is 4.95. The number of nitrogens with one attached hydrogen (secondary N) is 1. The van der Waals surface area contributed by atoms with Gasteiger partial charge in [-0.05, 0) is 31.9 Å². The van der Waals surface area contributed by atoms with Crippen molar-refractivity contribution in [2.45, 2.75) is 43.0 Å². The van der Waals surface area contributed by atoms with Crippen molar-refractivity contribution in [1.82, 2.24) is 5.32 Å². The molecule has 1 aliphatic carbocycles. The second kappa shape index (κ2) is 4.94. The van der Waals surface area contributed by atoms with Gasteiger partial charge in [0.05, 0.1) is 24.0 Å². The van der Waals surface area contributed by atoms with Gasteiger partial charge >= 0.3 is 0 Å². The maximum atomic E-state index is 11.5. The van der Waals surface area contributed by atoms with Gasteiger partial charge in [0.1, 0.15) is 0 Å². The first-order chi connectivity index (χ1) is 7.60. The van der Waals surface area contributed by atoms with Crippen molar-refractivity contribution < 1.29 is 9.53 Å². The van der Waals surface area contributed by atoms with E-state index in [9.17, 15) is 4.79 Å². The number of hydrogen-bond donors (Lipinski definition) is 2. The molecule has 2 rings (SSSR count). The van der Waals surface area contributed by atoms with Gasteiger partial charge in [-0.3, -0.25) is 4.79 Å². The van der Waals surface area contributed by atoms with Crippen LogP contribution in [0.2, 0.25) is 0 Å². The topological polar surface area (TPSA) is 64.3 Å². The first-order valence-corrected chi connectivity index (χ1v) is 6.92. The Balaban J connectivity index is 1.73. The zero-order valence-electron chi connectivity index (χ0n) is 9.70. The van der Waals surface area contributed by atoms with Crippen molar-refractivity contribution in [3.63, 3.8) is 0 Å². The van der Waals surface area contributed by atoms with Gasteiger partial charge < -0.3 is 15.8 Å². The number of rotatable bonds is 7. The molecule has 3 N–H and O–H groups in total. The zero-order chi connectivity index (χ0) is 11.6. The van der Waals surface area contributed by atoms with Crippen molar-refractivity contribution in [2.75, 3.05) is 19.0 Å². The second-order valence-corrected chi connectivity index (χ2v) is 6.30. The lowest BCUT2D eigenvalue weighted by molar-refractivity contribution is -0.124. The highest BCUT2D eigenvalue weighted by atomic mass is 32.2. The lowest BCUT2D eigenvalue weighted by Crippen LogP contribution is -2.54. The molecule has 4 nitrogen and oxygen atoms in total. The van der Waals surface area contributed by atoms with E-state index in [0.717, 1.165) is 25.4 Å². The van der Waals surface area contributed by atoms with Crippen LogP contribution in [0.5, 0.6) is 0 Å². The molecular weight excluding hydrogens is 224 g/mol. The monoisotopic (exact) mass is 244 g/mol. The normalized spacial score (nSPS) is 24.8. The molecule has 2 aliphatic rings. The van der Waals surface area contributed by atoms with Gasteiger partial charge in [0, 0.05) is 6.04 Å². The summed E-state index contributed by atoms with van der Waals surface area (Å²) in [6.45, 7) is 3.63. The summed E-state index contributed by atoms with van der Waals surface area (Å²) in [5, 5.41) is 3.98. The molecule has 1 heterocycles. The summed E-state index contributed by atoms with van der Waals surface area (Å²) in [5.74, 6) is 0.734. The molecule has 1 saturated heterocycles. The van der Waals surface area contributed by atoms with E-state index in [1.54, 1.807) is 0 Å². The van der Waals surface area contributed by atoms with Gasteiger partial charge in [0.15, 0.2) is 0 Å². The molecule has 1 unspecified atom stereocenters. The first kappa shape index (κ1) is 12.2. The number of thioether (sulfide) groups is 1. The van der Waals surface area contributed by atoms with Crippen LogP contribution in [0.15, 0.2) is 0 Å². The molecule has 5 heteroatoms. The predicted octanol–water partition coefficient (Wildman–Crippen LogP) is 0.505. The van der Waals surface area contributed by atoms with Crippen LogP contribution in [0, 0.1) is 0 Å². The number of primary amides is 1. The van der Waals surface area contributed by atoms with E-state index in [0.29, 0.717) is 11.3 Å². The number of amides is 1. The Bertz CT molecular complexity index is 267. The molecule has 0 aromatic heterocycles. The lowest BCUT2D eigenvalue weighted by atomic mass is 9.98. The first-order valence-electron chi connectivity index (χ1n) is 5.87. The fourth-order valence-corrected chi connectivity index (χ4v) is 2.93. The Kier molecular flexibility index (Phi) is 3.77. The van der Waals surface area contributed by atoms with Crippen LogP contribution < -0.4 is 11.1 Å². The van der Waals surface area contributed by atoms with E-state index >= 15 is 0 Å². The van der Waals surface area contributed by atoms with Crippen LogP contribution in [0.1, 0.15) is 26.2 Å². The van der Waals surface area contributed by atoms with E-state index in [1.165, 1.54) is 12.8 Å². The molecule has 0 aromatic rings. The van der Waals surface area contributed by atoms with Crippen LogP contribution in [-0.2, 0) is 9.53 Å². The fourth-order valence-electron chi connectivity index (χ4n) is 1.68. The Morgan fingerprint density at radius 3 is 2.69 bits per heavy atom. The summed E-state index contributed by atoms with van der Waals surface area (Å²) in [7, 11) is 0. The van der Waals surface area contributed by atoms with Gasteiger partial charge in [-0.25, -0.2) is 0 Å². The van der Waals surface area contributed by atoms with E-state index in [4.69, 9.17) is 10.5 Å². The molecule has 1 atom stereocenters. The molecule has 0 aromatic carbocycles. The highest BCUT2D eigenvalue weighted by Gasteiger charge is 2.36. The molecule has 0 radical (unpaired) electrons. The molecule has 1 amide bonds. The highest BCUT2D eigenvalue weighted by molar-refractivity contribution is 8.00. The van der Waals surface area contributed by atoms with Crippen molar-refractivity contribution in [3.8, 4) is 0 Å². The summed E-state index contributed by atoms with van der Waals surface area (Å²) >= 11 is 1.88. The molecule has 2 fully saturated rings. The van der Waals surface area contributed by atoms with Crippen molar-refractivity contribution in [2.24, 2.45) is 5.73 Å². The van der Waals surface area contributed by atoms with Crippen LogP contribution in [0.4, 0.5) is 0 Å². The van der Waals surface area contributed by atoms with Gasteiger partial charge in [-0.15, -0.1) is 0 Å². The van der Waals surface area contributed by atoms with E-state index < -0.39 is 5.54 Å². The Labute approximate surface area is 101 Å². The second-order valence-electron chi connectivity index (χ2n) is 4.90. The minimum Gasteiger partial charge on any atom is -0.379 e. The fraction of sp³-hybridized carbons (Fsp3) is 0.909. The highest BCUT2D eigenvalue weighted by Crippen LogP contribution is 2.26. The molecule has 0 bridgehead atoms. The number of nitrogens with two attached hydrogens (primary N) is 1. The number of carbonyl (C=O) groups is 1. The third-order valence-electron chi connectivity index (χ3n) is 3.21. The third kappa shape index (κ3) is 3.12. The zero-order valence-corrected chi connectivity index (χ0v) is 10.5. The number of carbonyl (C=O) groups excluding carboxylic acids is 1. The van der Waals surface area contributed by atoms with E-state index in [2.05, 4.69) is 5.32 Å². The largest absolute Gasteiger partial charge is 0.379 e. The smallest absolute Gasteiger partial charge is 0.237 e. The van der Waals surface area contributed by atoms with Crippen molar-refractivity contribution >= 4 is 17.7 Å². The van der Waals surface area contributed by atoms with Gasteiger partial charge in [0.25, 0.3) is 0 Å². The summed E-state index contributed by atoms with van der Waals surface area (Å²) in [4.78, 5) is 11.5. The van der Waals surface area contributed by atoms with Crippen molar-refractivity contribution in [3.05, 3.63) is 0 Å². The molecule has 1 aliphatic heterocycles. The van der Waals surface area contributed by atoms with Crippen LogP contribution >= 0.6 is 11.8 Å². The third-order valence-corrected chi connectivity index (χ3v) is 4.39. The van der Waals surface area contributed by atoms with Gasteiger partial charge in [0.2, 0.25) is 5.91 Å². The minimum atomic E-state index is -0.529. The standard InChI is InChI=1S/C11H20N2O2S/c1-11(10(12)14,13-8-2-3-8)4-5-16-9-6-15-7-9/h8-9,13H,2-7H2,1H3,(H2,12,14). The summed E-state index contributed by atoms with van der Waals surface area (Å²) < 4.78 is 5.11. The summed E-state index contributed by atoms with van der Waals surface area (Å²) in [6.07, 6.45) is 3.15. The Hall–Kier alpha value is -0.260. The van der Waals surface area contributed by atoms with Crippen LogP contribution in [0.3, 0.4) is 0 Å². The minimum absolute atomic E-state index is 0.232. The maximum Gasteiger partial charge on any atom is 0.237 e.